The van der Waals surface area contributed by atoms with Crippen LogP contribution in [0.4, 0.5) is 11.4 Å². The average Bonchev–Trinajstić information content (AvgIpc) is 2.97. The molecule has 0 fully saturated rings. The Morgan fingerprint density at radius 2 is 1.56 bits per heavy atom. The second-order valence-electron chi connectivity index (χ2n) is 10.4. The summed E-state index contributed by atoms with van der Waals surface area (Å²) in [5.74, 6) is -0.433. The number of anilines is 2. The van der Waals surface area contributed by atoms with Crippen LogP contribution in [0.2, 0.25) is 0 Å². The average molecular weight is 625 g/mol. The minimum atomic E-state index is -4.89. The fraction of sp³-hybridized carbons (Fsp3) is 0.290. The smallest absolute Gasteiger partial charge is 0.296 e. The predicted molar refractivity (Wildman–Crippen MR) is 165 cm³/mol. The van der Waals surface area contributed by atoms with E-state index < -0.39 is 24.9 Å². The Morgan fingerprint density at radius 3 is 2.23 bits per heavy atom. The normalized spacial score (nSPS) is 12.8. The maximum Gasteiger partial charge on any atom is 0.296 e. The molecule has 0 aliphatic heterocycles. The van der Waals surface area contributed by atoms with E-state index >= 15 is 0 Å². The summed E-state index contributed by atoms with van der Waals surface area (Å²) in [6.07, 6.45) is 2.97. The van der Waals surface area contributed by atoms with Gasteiger partial charge in [0.1, 0.15) is 4.90 Å². The Labute approximate surface area is 250 Å². The molecule has 10 nitrogen and oxygen atoms in total. The third kappa shape index (κ3) is 5.46. The lowest BCUT2D eigenvalue weighted by molar-refractivity contribution is 0.104. The summed E-state index contributed by atoms with van der Waals surface area (Å²) in [5.41, 5.74) is 1.67. The first-order valence-corrected chi connectivity index (χ1v) is 17.1. The van der Waals surface area contributed by atoms with Gasteiger partial charge in [0.2, 0.25) is 0 Å². The van der Waals surface area contributed by atoms with Crippen molar-refractivity contribution < 1.29 is 30.9 Å². The fourth-order valence-electron chi connectivity index (χ4n) is 5.51. The number of aryl methyl sites for hydroxylation is 1. The number of carbonyl (C=O) groups is 1. The van der Waals surface area contributed by atoms with Gasteiger partial charge in [-0.3, -0.25) is 14.1 Å². The van der Waals surface area contributed by atoms with Crippen LogP contribution in [-0.4, -0.2) is 44.1 Å². The molecule has 2 N–H and O–H groups in total. The van der Waals surface area contributed by atoms with Crippen LogP contribution in [0.3, 0.4) is 0 Å². The Kier molecular flexibility index (Phi) is 8.21. The molecule has 4 aromatic rings. The van der Waals surface area contributed by atoms with Crippen molar-refractivity contribution in [1.29, 1.82) is 0 Å². The van der Waals surface area contributed by atoms with Crippen molar-refractivity contribution in [1.82, 2.24) is 4.57 Å². The Morgan fingerprint density at radius 1 is 0.860 bits per heavy atom. The number of sulfone groups is 1. The van der Waals surface area contributed by atoms with Gasteiger partial charge in [0.25, 0.3) is 15.7 Å². The number of unbranched alkanes of at least 4 members (excludes halogenated alkanes) is 3. The molecule has 0 spiro atoms. The fourth-order valence-corrected chi connectivity index (χ4v) is 7.65. The zero-order valence-electron chi connectivity index (χ0n) is 24.0. The van der Waals surface area contributed by atoms with E-state index in [1.165, 1.54) is 16.7 Å². The van der Waals surface area contributed by atoms with Crippen molar-refractivity contribution >= 4 is 48.0 Å². The molecule has 1 aliphatic rings. The molecular weight excluding hydrogens is 592 g/mol. The van der Waals surface area contributed by atoms with Gasteiger partial charge in [0.15, 0.2) is 21.4 Å². The summed E-state index contributed by atoms with van der Waals surface area (Å²) in [4.78, 5) is 26.4. The monoisotopic (exact) mass is 624 g/mol. The van der Waals surface area contributed by atoms with Gasteiger partial charge in [0, 0.05) is 23.6 Å². The number of fused-ring (bicyclic) bond motifs is 2. The molecule has 43 heavy (non-hydrogen) atoms. The summed E-state index contributed by atoms with van der Waals surface area (Å²) < 4.78 is 68.2. The Bertz CT molecular complexity index is 2050. The highest BCUT2D eigenvalue weighted by molar-refractivity contribution is 7.91. The van der Waals surface area contributed by atoms with Crippen LogP contribution in [0.15, 0.2) is 69.2 Å². The van der Waals surface area contributed by atoms with Gasteiger partial charge in [-0.05, 0) is 49.2 Å². The van der Waals surface area contributed by atoms with Gasteiger partial charge in [-0.25, -0.2) is 8.42 Å². The molecule has 3 aromatic carbocycles. The maximum atomic E-state index is 14.0. The van der Waals surface area contributed by atoms with Crippen LogP contribution in [0.25, 0.3) is 22.0 Å². The topological polar surface area (TPSA) is 149 Å². The van der Waals surface area contributed by atoms with Crippen LogP contribution < -0.4 is 15.6 Å². The summed E-state index contributed by atoms with van der Waals surface area (Å²) in [6.45, 7) is 3.97. The number of benzene rings is 3. The quantitative estimate of drug-likeness (QED) is 0.144. The van der Waals surface area contributed by atoms with E-state index in [4.69, 9.17) is 4.74 Å². The molecule has 0 radical (unpaired) electrons. The molecule has 0 bridgehead atoms. The highest BCUT2D eigenvalue weighted by Gasteiger charge is 2.33. The van der Waals surface area contributed by atoms with Crippen molar-refractivity contribution in [3.05, 3.63) is 76.1 Å². The molecule has 0 unspecified atom stereocenters. The van der Waals surface area contributed by atoms with Crippen LogP contribution in [0.1, 0.15) is 55.5 Å². The number of hydrogen-bond donors (Lipinski definition) is 2. The first kappa shape index (κ1) is 30.5. The standard InChI is InChI=1S/C31H32N2O8S2/c1-4-6-7-10-17-42(36,37)19-13-14-22(25(18-19)43(38,39)40)32-23-15-16-24-28-26(30(41-5-2)31(35)33(24)3)20-11-8-9-12-21(20)29(34)27(23)28/h8-9,11-16,18,32H,4-7,10,17H2,1-3H3,(H,38,39,40). The summed E-state index contributed by atoms with van der Waals surface area (Å²) in [5, 5.41) is 3.40. The lowest BCUT2D eigenvalue weighted by atomic mass is 9.82. The van der Waals surface area contributed by atoms with E-state index in [0.717, 1.165) is 25.3 Å². The Balaban J connectivity index is 1.70. The van der Waals surface area contributed by atoms with Crippen LogP contribution in [0.5, 0.6) is 5.75 Å². The first-order chi connectivity index (χ1) is 20.4. The summed E-state index contributed by atoms with van der Waals surface area (Å²) in [7, 11) is -7.13. The van der Waals surface area contributed by atoms with Crippen LogP contribution in [0, 0.1) is 0 Å². The molecule has 226 valence electrons. The van der Waals surface area contributed by atoms with Crippen molar-refractivity contribution in [2.45, 2.75) is 49.3 Å². The SMILES string of the molecule is CCCCCCS(=O)(=O)c1ccc(Nc2ccc3c4c2C(=O)c2ccccc2-c4c(OCC)c(=O)n3C)c(S(=O)(=O)O)c1. The zero-order valence-corrected chi connectivity index (χ0v) is 25.6. The number of nitrogens with one attached hydrogen (secondary N) is 1. The number of aromatic nitrogens is 1. The lowest BCUT2D eigenvalue weighted by Gasteiger charge is -2.25. The summed E-state index contributed by atoms with van der Waals surface area (Å²) in [6, 6.07) is 13.5. The second-order valence-corrected chi connectivity index (χ2v) is 13.9. The Hall–Kier alpha value is -4.00. The van der Waals surface area contributed by atoms with Crippen molar-refractivity contribution in [3.63, 3.8) is 0 Å². The first-order valence-electron chi connectivity index (χ1n) is 14.0. The lowest BCUT2D eigenvalue weighted by Crippen LogP contribution is -2.24. The highest BCUT2D eigenvalue weighted by Crippen LogP contribution is 2.46. The molecule has 5 rings (SSSR count). The number of nitrogens with zero attached hydrogens (tertiary/aromatic N) is 1. The molecule has 0 saturated carbocycles. The minimum Gasteiger partial charge on any atom is -0.488 e. The van der Waals surface area contributed by atoms with E-state index in [1.807, 2.05) is 6.92 Å². The minimum absolute atomic E-state index is 0.0861. The maximum absolute atomic E-state index is 14.0. The largest absolute Gasteiger partial charge is 0.488 e. The third-order valence-electron chi connectivity index (χ3n) is 7.60. The van der Waals surface area contributed by atoms with Crippen molar-refractivity contribution in [2.75, 3.05) is 17.7 Å². The van der Waals surface area contributed by atoms with Gasteiger partial charge in [-0.15, -0.1) is 0 Å². The number of hydrogen-bond acceptors (Lipinski definition) is 8. The van der Waals surface area contributed by atoms with Gasteiger partial charge >= 0.3 is 0 Å². The van der Waals surface area contributed by atoms with Crippen LogP contribution >= 0.6 is 0 Å². The molecule has 0 saturated heterocycles. The zero-order chi connectivity index (χ0) is 31.1. The molecule has 1 heterocycles. The van der Waals surface area contributed by atoms with E-state index in [9.17, 15) is 31.0 Å². The van der Waals surface area contributed by atoms with Crippen molar-refractivity contribution in [2.24, 2.45) is 7.05 Å². The second kappa shape index (κ2) is 11.6. The molecule has 0 atom stereocenters. The third-order valence-corrected chi connectivity index (χ3v) is 10.3. The number of carbonyl (C=O) groups excluding carboxylic acids is 1. The van der Waals surface area contributed by atoms with E-state index in [1.54, 1.807) is 50.4 Å². The van der Waals surface area contributed by atoms with Gasteiger partial charge < -0.3 is 14.6 Å². The van der Waals surface area contributed by atoms with Gasteiger partial charge in [0.05, 0.1) is 39.7 Å². The van der Waals surface area contributed by atoms with E-state index in [-0.39, 0.29) is 51.3 Å². The molecule has 1 aromatic heterocycles. The molecule has 12 heteroatoms. The molecule has 1 aliphatic carbocycles. The van der Waals surface area contributed by atoms with Gasteiger partial charge in [-0.2, -0.15) is 8.42 Å². The number of rotatable bonds is 11. The number of pyridine rings is 1. The predicted octanol–water partition coefficient (Wildman–Crippen LogP) is 5.49. The van der Waals surface area contributed by atoms with E-state index in [2.05, 4.69) is 5.32 Å². The van der Waals surface area contributed by atoms with Crippen molar-refractivity contribution in [3.8, 4) is 16.9 Å². The van der Waals surface area contributed by atoms with E-state index in [0.29, 0.717) is 34.0 Å². The van der Waals surface area contributed by atoms with Gasteiger partial charge in [-0.1, -0.05) is 50.5 Å². The number of ether oxygens (including phenoxy) is 1. The summed E-state index contributed by atoms with van der Waals surface area (Å²) >= 11 is 0. The number of ketones is 1. The molecular formula is C31H32N2O8S2. The highest BCUT2D eigenvalue weighted by atomic mass is 32.2. The van der Waals surface area contributed by atoms with Crippen LogP contribution in [-0.2, 0) is 27.0 Å². The molecule has 0 amide bonds.